The number of nitrogens with zero attached hydrogens (tertiary/aromatic N) is 2. The number of hydrazine groups is 1. The number of hydrogen-bond acceptors (Lipinski definition) is 3. The summed E-state index contributed by atoms with van der Waals surface area (Å²) in [6, 6.07) is 1.32. The Morgan fingerprint density at radius 2 is 1.64 bits per heavy atom. The molecule has 0 aromatic rings. The highest BCUT2D eigenvalue weighted by atomic mass is 15.5. The lowest BCUT2D eigenvalue weighted by Crippen LogP contribution is -2.57. The Balaban J connectivity index is 2.47. The van der Waals surface area contributed by atoms with Crippen molar-refractivity contribution in [3.8, 4) is 0 Å². The van der Waals surface area contributed by atoms with Gasteiger partial charge in [0.05, 0.1) is 0 Å². The van der Waals surface area contributed by atoms with Crippen LogP contribution in [0.2, 0.25) is 0 Å². The van der Waals surface area contributed by atoms with Crippen molar-refractivity contribution in [2.24, 2.45) is 0 Å². The number of piperazine rings is 1. The molecule has 0 aromatic heterocycles. The van der Waals surface area contributed by atoms with E-state index in [2.05, 4.69) is 36.2 Å². The van der Waals surface area contributed by atoms with Gasteiger partial charge in [0.25, 0.3) is 0 Å². The lowest BCUT2D eigenvalue weighted by Gasteiger charge is -2.41. The number of hydrogen-bond donors (Lipinski definition) is 1. The molecule has 0 aromatic carbocycles. The fraction of sp³-hybridized carbons (Fsp3) is 1.00. The van der Waals surface area contributed by atoms with E-state index < -0.39 is 0 Å². The third-order valence-electron chi connectivity index (χ3n) is 2.68. The van der Waals surface area contributed by atoms with Crippen LogP contribution in [-0.2, 0) is 0 Å². The van der Waals surface area contributed by atoms with Gasteiger partial charge in [-0.2, -0.15) is 0 Å². The van der Waals surface area contributed by atoms with Gasteiger partial charge >= 0.3 is 0 Å². The molecule has 2 atom stereocenters. The van der Waals surface area contributed by atoms with Crippen LogP contribution in [0.25, 0.3) is 0 Å². The summed E-state index contributed by atoms with van der Waals surface area (Å²) >= 11 is 0. The first kappa shape index (κ1) is 8.97. The second kappa shape index (κ2) is 3.52. The largest absolute Gasteiger partial charge is 0.298 e. The predicted molar refractivity (Wildman–Crippen MR) is 47.3 cm³/mol. The van der Waals surface area contributed by atoms with Crippen LogP contribution in [-0.4, -0.2) is 49.2 Å². The van der Waals surface area contributed by atoms with Gasteiger partial charge in [0.1, 0.15) is 0 Å². The minimum Gasteiger partial charge on any atom is -0.298 e. The monoisotopic (exact) mass is 157 g/mol. The topological polar surface area (TPSA) is 18.5 Å². The van der Waals surface area contributed by atoms with Gasteiger partial charge in [-0.1, -0.05) is 0 Å². The molecule has 0 aliphatic carbocycles. The quantitative estimate of drug-likeness (QED) is 0.584. The SMILES string of the molecule is CNN1C[C@@H](C)N(C)[C@@H](C)C1. The highest BCUT2D eigenvalue weighted by Crippen LogP contribution is 2.10. The lowest BCUT2D eigenvalue weighted by atomic mass is 10.1. The summed E-state index contributed by atoms with van der Waals surface area (Å²) in [6.45, 7) is 6.77. The van der Waals surface area contributed by atoms with Crippen molar-refractivity contribution in [1.29, 1.82) is 0 Å². The molecule has 1 rings (SSSR count). The Kier molecular flexibility index (Phi) is 2.87. The van der Waals surface area contributed by atoms with Gasteiger partial charge < -0.3 is 0 Å². The van der Waals surface area contributed by atoms with Crippen molar-refractivity contribution in [3.05, 3.63) is 0 Å². The van der Waals surface area contributed by atoms with Crippen molar-refractivity contribution in [2.45, 2.75) is 25.9 Å². The Morgan fingerprint density at radius 1 is 1.18 bits per heavy atom. The second-order valence-corrected chi connectivity index (χ2v) is 3.49. The fourth-order valence-corrected chi connectivity index (χ4v) is 1.59. The van der Waals surface area contributed by atoms with Crippen LogP contribution >= 0.6 is 0 Å². The third kappa shape index (κ3) is 1.92. The molecule has 66 valence electrons. The van der Waals surface area contributed by atoms with Crippen LogP contribution < -0.4 is 5.43 Å². The lowest BCUT2D eigenvalue weighted by molar-refractivity contribution is 0.0346. The molecule has 0 spiro atoms. The summed E-state index contributed by atoms with van der Waals surface area (Å²) in [7, 11) is 4.19. The van der Waals surface area contributed by atoms with Crippen LogP contribution in [0.3, 0.4) is 0 Å². The molecular weight excluding hydrogens is 138 g/mol. The van der Waals surface area contributed by atoms with Gasteiger partial charge in [0.2, 0.25) is 0 Å². The van der Waals surface area contributed by atoms with E-state index in [4.69, 9.17) is 0 Å². The number of rotatable bonds is 1. The normalized spacial score (nSPS) is 36.0. The third-order valence-corrected chi connectivity index (χ3v) is 2.68. The van der Waals surface area contributed by atoms with E-state index in [0.717, 1.165) is 13.1 Å². The summed E-state index contributed by atoms with van der Waals surface area (Å²) in [5, 5.41) is 2.27. The van der Waals surface area contributed by atoms with Crippen LogP contribution in [0.4, 0.5) is 0 Å². The zero-order chi connectivity index (χ0) is 8.43. The maximum Gasteiger partial charge on any atom is 0.0285 e. The zero-order valence-electron chi connectivity index (χ0n) is 7.96. The van der Waals surface area contributed by atoms with Crippen molar-refractivity contribution in [3.63, 3.8) is 0 Å². The minimum atomic E-state index is 0.659. The molecule has 1 fully saturated rings. The maximum absolute atomic E-state index is 3.19. The molecule has 1 heterocycles. The van der Waals surface area contributed by atoms with Crippen LogP contribution in [0, 0.1) is 0 Å². The van der Waals surface area contributed by atoms with E-state index in [9.17, 15) is 0 Å². The highest BCUT2D eigenvalue weighted by molar-refractivity contribution is 4.80. The first-order valence-corrected chi connectivity index (χ1v) is 4.29. The van der Waals surface area contributed by atoms with Crippen molar-refractivity contribution < 1.29 is 0 Å². The Hall–Kier alpha value is -0.120. The van der Waals surface area contributed by atoms with E-state index in [1.807, 2.05) is 7.05 Å². The molecule has 0 bridgehead atoms. The molecule has 3 nitrogen and oxygen atoms in total. The van der Waals surface area contributed by atoms with Gasteiger partial charge in [-0.3, -0.25) is 10.3 Å². The fourth-order valence-electron chi connectivity index (χ4n) is 1.59. The van der Waals surface area contributed by atoms with Crippen LogP contribution in [0.5, 0.6) is 0 Å². The van der Waals surface area contributed by atoms with Crippen molar-refractivity contribution in [1.82, 2.24) is 15.3 Å². The van der Waals surface area contributed by atoms with E-state index in [0.29, 0.717) is 12.1 Å². The molecule has 0 radical (unpaired) electrons. The first-order valence-electron chi connectivity index (χ1n) is 4.29. The number of likely N-dealkylation sites (N-methyl/N-ethyl adjacent to an activating group) is 1. The molecule has 1 N–H and O–H groups in total. The Bertz CT molecular complexity index is 115. The van der Waals surface area contributed by atoms with Crippen molar-refractivity contribution >= 4 is 0 Å². The molecule has 0 saturated carbocycles. The standard InChI is InChI=1S/C8H19N3/c1-7-5-11(9-3)6-8(2)10(7)4/h7-9H,5-6H2,1-4H3/t7-,8+. The summed E-state index contributed by atoms with van der Waals surface area (Å²) < 4.78 is 0. The Labute approximate surface area is 69.3 Å². The molecule has 0 amide bonds. The predicted octanol–water partition coefficient (Wildman–Crippen LogP) is 0.145. The molecule has 1 aliphatic rings. The van der Waals surface area contributed by atoms with Gasteiger partial charge in [-0.25, -0.2) is 5.01 Å². The molecule has 1 aliphatic heterocycles. The minimum absolute atomic E-state index is 0.659. The van der Waals surface area contributed by atoms with Crippen molar-refractivity contribution in [2.75, 3.05) is 27.2 Å². The summed E-state index contributed by atoms with van der Waals surface area (Å²) in [5.74, 6) is 0. The highest BCUT2D eigenvalue weighted by Gasteiger charge is 2.25. The first-order chi connectivity index (χ1) is 5.15. The Morgan fingerprint density at radius 3 is 2.00 bits per heavy atom. The molecular formula is C8H19N3. The second-order valence-electron chi connectivity index (χ2n) is 3.49. The zero-order valence-corrected chi connectivity index (χ0v) is 7.96. The molecule has 3 heteroatoms. The van der Waals surface area contributed by atoms with Gasteiger partial charge in [0.15, 0.2) is 0 Å². The molecule has 0 unspecified atom stereocenters. The molecule has 11 heavy (non-hydrogen) atoms. The van der Waals surface area contributed by atoms with Crippen LogP contribution in [0.15, 0.2) is 0 Å². The van der Waals surface area contributed by atoms with E-state index in [1.54, 1.807) is 0 Å². The van der Waals surface area contributed by atoms with Crippen LogP contribution in [0.1, 0.15) is 13.8 Å². The average Bonchev–Trinajstić information content (AvgIpc) is 1.99. The van der Waals surface area contributed by atoms with E-state index in [1.165, 1.54) is 0 Å². The summed E-state index contributed by atoms with van der Waals surface area (Å²) in [6.07, 6.45) is 0. The van der Waals surface area contributed by atoms with Gasteiger partial charge in [-0.05, 0) is 27.9 Å². The van der Waals surface area contributed by atoms with Gasteiger partial charge in [-0.15, -0.1) is 0 Å². The summed E-state index contributed by atoms with van der Waals surface area (Å²) in [5.41, 5.74) is 3.19. The summed E-state index contributed by atoms with van der Waals surface area (Å²) in [4.78, 5) is 2.42. The van der Waals surface area contributed by atoms with E-state index in [-0.39, 0.29) is 0 Å². The maximum atomic E-state index is 3.19. The van der Waals surface area contributed by atoms with E-state index >= 15 is 0 Å². The average molecular weight is 157 g/mol. The number of nitrogens with one attached hydrogen (secondary N) is 1. The smallest absolute Gasteiger partial charge is 0.0285 e. The van der Waals surface area contributed by atoms with Gasteiger partial charge in [0, 0.05) is 25.2 Å². The molecule has 1 saturated heterocycles.